The summed E-state index contributed by atoms with van der Waals surface area (Å²) in [6.45, 7) is 2.84. The molecule has 2 amide bonds. The Bertz CT molecular complexity index is 409. The zero-order chi connectivity index (χ0) is 15.9. The third-order valence-electron chi connectivity index (χ3n) is 2.34. The topological polar surface area (TPSA) is 90.3 Å². The summed E-state index contributed by atoms with van der Waals surface area (Å²) in [4.78, 5) is 43.8. The van der Waals surface area contributed by atoms with Gasteiger partial charge in [0, 0.05) is 27.2 Å². The summed E-state index contributed by atoms with van der Waals surface area (Å²) in [5, 5.41) is 0. The van der Waals surface area contributed by atoms with Gasteiger partial charge in [-0.25, -0.2) is 0 Å². The standard InChI is InChI=1S/C11H19N2O5PS/c1-5-10(14)12(3)7-9(18-19(16,17)20)8-13(4)11(15)6-2/h5-6,9H,1-2,7-8H2,3-4H3,(H2,16,17,20). The minimum absolute atomic E-state index is 0.0269. The number of rotatable bonds is 8. The molecule has 0 aromatic heterocycles. The number of nitrogens with zero attached hydrogens (tertiary/aromatic N) is 2. The van der Waals surface area contributed by atoms with Gasteiger partial charge in [0.05, 0.1) is 0 Å². The first-order chi connectivity index (χ1) is 9.10. The van der Waals surface area contributed by atoms with E-state index >= 15 is 0 Å². The Morgan fingerprint density at radius 3 is 1.80 bits per heavy atom. The van der Waals surface area contributed by atoms with Crippen molar-refractivity contribution in [3.8, 4) is 0 Å². The number of carbonyl (C=O) groups excluding carboxylic acids is 2. The second-order valence-electron chi connectivity index (χ2n) is 4.06. The summed E-state index contributed by atoms with van der Waals surface area (Å²) < 4.78 is 4.95. The monoisotopic (exact) mass is 322 g/mol. The lowest BCUT2D eigenvalue weighted by Crippen LogP contribution is -2.42. The molecule has 0 spiro atoms. The van der Waals surface area contributed by atoms with Crippen LogP contribution in [0.2, 0.25) is 0 Å². The summed E-state index contributed by atoms with van der Waals surface area (Å²) in [5.41, 5.74) is 0. The van der Waals surface area contributed by atoms with E-state index in [2.05, 4.69) is 25.0 Å². The van der Waals surface area contributed by atoms with E-state index in [0.29, 0.717) is 0 Å². The van der Waals surface area contributed by atoms with Crippen molar-refractivity contribution in [2.45, 2.75) is 6.10 Å². The highest BCUT2D eigenvalue weighted by Gasteiger charge is 2.23. The lowest BCUT2D eigenvalue weighted by molar-refractivity contribution is -0.127. The van der Waals surface area contributed by atoms with Crippen LogP contribution in [-0.2, 0) is 25.9 Å². The number of carbonyl (C=O) groups is 2. The van der Waals surface area contributed by atoms with Crippen LogP contribution in [0, 0.1) is 0 Å². The summed E-state index contributed by atoms with van der Waals surface area (Å²) in [6.07, 6.45) is 1.39. The second kappa shape index (κ2) is 8.28. The van der Waals surface area contributed by atoms with Crippen molar-refractivity contribution in [3.05, 3.63) is 25.3 Å². The molecule has 0 aliphatic carbocycles. The first-order valence-corrected chi connectivity index (χ1v) is 8.22. The maximum atomic E-state index is 11.4. The van der Waals surface area contributed by atoms with E-state index in [1.54, 1.807) is 0 Å². The van der Waals surface area contributed by atoms with Crippen molar-refractivity contribution in [3.63, 3.8) is 0 Å². The van der Waals surface area contributed by atoms with Gasteiger partial charge in [0.2, 0.25) is 11.8 Å². The lowest BCUT2D eigenvalue weighted by atomic mass is 10.3. The molecule has 20 heavy (non-hydrogen) atoms. The normalized spacial score (nSPS) is 11.1. The predicted octanol–water partition coefficient (Wildman–Crippen LogP) is -0.131. The van der Waals surface area contributed by atoms with Gasteiger partial charge in [-0.05, 0) is 24.0 Å². The molecule has 0 saturated heterocycles. The molecule has 0 heterocycles. The van der Waals surface area contributed by atoms with E-state index in [-0.39, 0.29) is 24.9 Å². The highest BCUT2D eigenvalue weighted by atomic mass is 32.5. The van der Waals surface area contributed by atoms with E-state index in [1.165, 1.54) is 23.9 Å². The van der Waals surface area contributed by atoms with Crippen molar-refractivity contribution >= 4 is 30.3 Å². The Morgan fingerprint density at radius 2 is 1.55 bits per heavy atom. The van der Waals surface area contributed by atoms with E-state index in [4.69, 9.17) is 4.52 Å². The van der Waals surface area contributed by atoms with Gasteiger partial charge in [-0.15, -0.1) is 0 Å². The molecule has 0 aliphatic heterocycles. The second-order valence-corrected chi connectivity index (χ2v) is 6.68. The predicted molar refractivity (Wildman–Crippen MR) is 79.3 cm³/mol. The Balaban J connectivity index is 4.85. The maximum Gasteiger partial charge on any atom is 0.322 e. The molecule has 7 nitrogen and oxygen atoms in total. The van der Waals surface area contributed by atoms with E-state index in [0.717, 1.165) is 12.2 Å². The van der Waals surface area contributed by atoms with Crippen LogP contribution in [-0.4, -0.2) is 64.7 Å². The van der Waals surface area contributed by atoms with Crippen molar-refractivity contribution in [1.82, 2.24) is 9.80 Å². The molecule has 0 atom stereocenters. The fourth-order valence-corrected chi connectivity index (χ4v) is 2.31. The Morgan fingerprint density at radius 1 is 1.20 bits per heavy atom. The zero-order valence-electron chi connectivity index (χ0n) is 11.4. The number of hydrogen-bond donors (Lipinski definition) is 2. The van der Waals surface area contributed by atoms with Gasteiger partial charge < -0.3 is 24.1 Å². The van der Waals surface area contributed by atoms with Gasteiger partial charge in [0.15, 0.2) is 0 Å². The third-order valence-corrected chi connectivity index (χ3v) is 3.17. The van der Waals surface area contributed by atoms with Crippen molar-refractivity contribution in [2.24, 2.45) is 0 Å². The Labute approximate surface area is 123 Å². The maximum absolute atomic E-state index is 11.4. The molecular formula is C11H19N2O5PS. The van der Waals surface area contributed by atoms with Crippen molar-refractivity contribution in [2.75, 3.05) is 27.2 Å². The Kier molecular flexibility index (Phi) is 7.85. The molecule has 0 radical (unpaired) electrons. The number of likely N-dealkylation sites (N-methyl/N-ethyl adjacent to an activating group) is 2. The molecule has 0 aliphatic rings. The first kappa shape index (κ1) is 18.9. The van der Waals surface area contributed by atoms with E-state index in [9.17, 15) is 19.4 Å². The fourth-order valence-electron chi connectivity index (χ4n) is 1.42. The molecule has 114 valence electrons. The van der Waals surface area contributed by atoms with Gasteiger partial charge in [0.25, 0.3) is 0 Å². The molecule has 0 saturated carbocycles. The Hall–Kier alpha value is -1.05. The quantitative estimate of drug-likeness (QED) is 0.478. The van der Waals surface area contributed by atoms with Gasteiger partial charge in [-0.1, -0.05) is 13.2 Å². The van der Waals surface area contributed by atoms with E-state index < -0.39 is 12.8 Å². The molecule has 0 unspecified atom stereocenters. The average molecular weight is 322 g/mol. The smallest absolute Gasteiger partial charge is 0.322 e. The minimum atomic E-state index is -3.91. The van der Waals surface area contributed by atoms with Gasteiger partial charge in [-0.2, -0.15) is 0 Å². The summed E-state index contributed by atoms with van der Waals surface area (Å²) in [7, 11) is 2.99. The zero-order valence-corrected chi connectivity index (χ0v) is 13.1. The van der Waals surface area contributed by atoms with Crippen LogP contribution in [0.3, 0.4) is 0 Å². The van der Waals surface area contributed by atoms with Crippen LogP contribution in [0.25, 0.3) is 0 Å². The van der Waals surface area contributed by atoms with Crippen LogP contribution in [0.4, 0.5) is 0 Å². The first-order valence-electron chi connectivity index (χ1n) is 5.59. The largest absolute Gasteiger partial charge is 0.340 e. The summed E-state index contributed by atoms with van der Waals surface area (Å²) in [6, 6.07) is 0. The molecule has 0 fully saturated rings. The highest BCUT2D eigenvalue weighted by molar-refractivity contribution is 8.06. The summed E-state index contributed by atoms with van der Waals surface area (Å²) >= 11 is 4.41. The van der Waals surface area contributed by atoms with Crippen LogP contribution in [0.1, 0.15) is 0 Å². The molecule has 0 aromatic carbocycles. The number of amides is 2. The fraction of sp³-hybridized carbons (Fsp3) is 0.455. The number of hydrogen-bond acceptors (Lipinski definition) is 4. The van der Waals surface area contributed by atoms with Crippen molar-refractivity contribution < 1.29 is 23.9 Å². The molecule has 0 aromatic rings. The molecule has 0 bridgehead atoms. The minimum Gasteiger partial charge on any atom is -0.340 e. The average Bonchev–Trinajstić information content (AvgIpc) is 2.34. The van der Waals surface area contributed by atoms with Crippen LogP contribution in [0.5, 0.6) is 0 Å². The van der Waals surface area contributed by atoms with Crippen LogP contribution in [0.15, 0.2) is 25.3 Å². The highest BCUT2D eigenvalue weighted by Crippen LogP contribution is 2.38. The molecular weight excluding hydrogens is 303 g/mol. The lowest BCUT2D eigenvalue weighted by Gasteiger charge is -2.28. The summed E-state index contributed by atoms with van der Waals surface area (Å²) in [5.74, 6) is -0.721. The molecule has 0 rings (SSSR count). The third kappa shape index (κ3) is 7.52. The molecule has 9 heteroatoms. The SMILES string of the molecule is C=CC(=O)N(C)CC(CN(C)C(=O)C=C)OP(O)(O)=S. The van der Waals surface area contributed by atoms with Crippen molar-refractivity contribution in [1.29, 1.82) is 0 Å². The van der Waals surface area contributed by atoms with E-state index in [1.807, 2.05) is 0 Å². The van der Waals surface area contributed by atoms with Gasteiger partial charge >= 0.3 is 6.72 Å². The van der Waals surface area contributed by atoms with Gasteiger partial charge in [-0.3, -0.25) is 9.59 Å². The van der Waals surface area contributed by atoms with Crippen LogP contribution < -0.4 is 0 Å². The van der Waals surface area contributed by atoms with Gasteiger partial charge in [0.1, 0.15) is 6.10 Å². The molecule has 2 N–H and O–H groups in total. The van der Waals surface area contributed by atoms with Crippen LogP contribution >= 0.6 is 6.72 Å².